The number of benzene rings is 2. The van der Waals surface area contributed by atoms with Gasteiger partial charge < -0.3 is 19.5 Å². The van der Waals surface area contributed by atoms with Crippen molar-refractivity contribution in [2.45, 2.75) is 6.23 Å². The molecular formula is C19H15BrN2O4S. The Bertz CT molecular complexity index is 1000. The number of aromatic nitrogens is 1. The highest BCUT2D eigenvalue weighted by Crippen LogP contribution is 2.42. The SMILES string of the molecule is COc1ccc2c(c1OC)C(=O)O[C@H]2Nc1nc(-c2ccc(Br)cc2)cs1. The molecule has 0 radical (unpaired) electrons. The highest BCUT2D eigenvalue weighted by molar-refractivity contribution is 9.10. The largest absolute Gasteiger partial charge is 0.493 e. The third-order valence-electron chi connectivity index (χ3n) is 4.19. The maximum atomic E-state index is 12.4. The fraction of sp³-hybridized carbons (Fsp3) is 0.158. The second-order valence-electron chi connectivity index (χ2n) is 5.74. The fourth-order valence-corrected chi connectivity index (χ4v) is 3.92. The Morgan fingerprint density at radius 3 is 2.63 bits per heavy atom. The first kappa shape index (κ1) is 17.8. The molecule has 1 N–H and O–H groups in total. The molecule has 138 valence electrons. The van der Waals surface area contributed by atoms with Crippen LogP contribution in [0.15, 0.2) is 46.3 Å². The number of thiazole rings is 1. The molecule has 1 aliphatic rings. The summed E-state index contributed by atoms with van der Waals surface area (Å²) < 4.78 is 17.1. The smallest absolute Gasteiger partial charge is 0.344 e. The maximum absolute atomic E-state index is 12.4. The van der Waals surface area contributed by atoms with Crippen molar-refractivity contribution in [3.05, 3.63) is 57.4 Å². The normalized spacial score (nSPS) is 15.2. The van der Waals surface area contributed by atoms with Crippen LogP contribution in [0.2, 0.25) is 0 Å². The van der Waals surface area contributed by atoms with Crippen LogP contribution in [-0.4, -0.2) is 25.2 Å². The second kappa shape index (κ2) is 7.21. The van der Waals surface area contributed by atoms with Gasteiger partial charge in [-0.15, -0.1) is 11.3 Å². The number of hydrogen-bond donors (Lipinski definition) is 1. The fourth-order valence-electron chi connectivity index (χ4n) is 2.91. The van der Waals surface area contributed by atoms with Crippen molar-refractivity contribution >= 4 is 38.4 Å². The highest BCUT2D eigenvalue weighted by atomic mass is 79.9. The van der Waals surface area contributed by atoms with Crippen LogP contribution in [0.5, 0.6) is 11.5 Å². The summed E-state index contributed by atoms with van der Waals surface area (Å²) in [5.74, 6) is 0.405. The number of nitrogens with one attached hydrogen (secondary N) is 1. The van der Waals surface area contributed by atoms with Gasteiger partial charge in [0.05, 0.1) is 19.9 Å². The van der Waals surface area contributed by atoms with Crippen molar-refractivity contribution in [1.29, 1.82) is 0 Å². The molecule has 0 amide bonds. The predicted octanol–water partition coefficient (Wildman–Crippen LogP) is 4.87. The van der Waals surface area contributed by atoms with Crippen molar-refractivity contribution in [3.8, 4) is 22.8 Å². The molecule has 1 aromatic heterocycles. The van der Waals surface area contributed by atoms with E-state index < -0.39 is 12.2 Å². The zero-order valence-corrected chi connectivity index (χ0v) is 16.9. The van der Waals surface area contributed by atoms with Gasteiger partial charge in [-0.2, -0.15) is 0 Å². The second-order valence-corrected chi connectivity index (χ2v) is 7.51. The summed E-state index contributed by atoms with van der Waals surface area (Å²) in [5.41, 5.74) is 2.93. The Kier molecular flexibility index (Phi) is 4.75. The molecular weight excluding hydrogens is 432 g/mol. The predicted molar refractivity (Wildman–Crippen MR) is 107 cm³/mol. The number of anilines is 1. The number of hydrogen-bond acceptors (Lipinski definition) is 7. The minimum atomic E-state index is -0.628. The van der Waals surface area contributed by atoms with Gasteiger partial charge in [0.1, 0.15) is 5.56 Å². The summed E-state index contributed by atoms with van der Waals surface area (Å²) in [7, 11) is 3.02. The maximum Gasteiger partial charge on any atom is 0.344 e. The summed E-state index contributed by atoms with van der Waals surface area (Å²) >= 11 is 4.87. The molecule has 4 rings (SSSR count). The van der Waals surface area contributed by atoms with Crippen LogP contribution in [0, 0.1) is 0 Å². The Morgan fingerprint density at radius 1 is 1.15 bits per heavy atom. The van der Waals surface area contributed by atoms with E-state index in [0.717, 1.165) is 15.7 Å². The zero-order valence-electron chi connectivity index (χ0n) is 14.5. The number of fused-ring (bicyclic) bond motifs is 1. The molecule has 0 fully saturated rings. The molecule has 0 spiro atoms. The Balaban J connectivity index is 1.61. The number of cyclic esters (lactones) is 1. The van der Waals surface area contributed by atoms with E-state index >= 15 is 0 Å². The lowest BCUT2D eigenvalue weighted by Crippen LogP contribution is -2.10. The van der Waals surface area contributed by atoms with Gasteiger partial charge in [0.25, 0.3) is 0 Å². The number of carbonyl (C=O) groups is 1. The van der Waals surface area contributed by atoms with Gasteiger partial charge in [0.2, 0.25) is 6.23 Å². The molecule has 0 unspecified atom stereocenters. The monoisotopic (exact) mass is 446 g/mol. The first-order valence-corrected chi connectivity index (χ1v) is 9.72. The van der Waals surface area contributed by atoms with Gasteiger partial charge >= 0.3 is 5.97 Å². The molecule has 2 aromatic carbocycles. The summed E-state index contributed by atoms with van der Waals surface area (Å²) in [5, 5.41) is 5.79. The summed E-state index contributed by atoms with van der Waals surface area (Å²) in [6.07, 6.45) is -0.628. The number of esters is 1. The summed E-state index contributed by atoms with van der Waals surface area (Å²) in [6.45, 7) is 0. The van der Waals surface area contributed by atoms with Crippen molar-refractivity contribution < 1.29 is 19.0 Å². The lowest BCUT2D eigenvalue weighted by molar-refractivity contribution is 0.0435. The lowest BCUT2D eigenvalue weighted by atomic mass is 10.1. The van der Waals surface area contributed by atoms with E-state index in [4.69, 9.17) is 14.2 Å². The van der Waals surface area contributed by atoms with Crippen molar-refractivity contribution in [2.75, 3.05) is 19.5 Å². The Labute approximate surface area is 168 Å². The van der Waals surface area contributed by atoms with Gasteiger partial charge in [-0.1, -0.05) is 28.1 Å². The van der Waals surface area contributed by atoms with Crippen LogP contribution >= 0.6 is 27.3 Å². The molecule has 27 heavy (non-hydrogen) atoms. The van der Waals surface area contributed by atoms with Crippen molar-refractivity contribution in [3.63, 3.8) is 0 Å². The van der Waals surface area contributed by atoms with E-state index in [1.165, 1.54) is 25.6 Å². The van der Waals surface area contributed by atoms with Crippen LogP contribution in [-0.2, 0) is 4.74 Å². The van der Waals surface area contributed by atoms with E-state index in [2.05, 4.69) is 26.2 Å². The van der Waals surface area contributed by atoms with Crippen LogP contribution in [0.1, 0.15) is 22.1 Å². The van der Waals surface area contributed by atoms with E-state index in [-0.39, 0.29) is 0 Å². The number of halogens is 1. The minimum Gasteiger partial charge on any atom is -0.493 e. The van der Waals surface area contributed by atoms with Crippen molar-refractivity contribution in [2.24, 2.45) is 0 Å². The van der Waals surface area contributed by atoms with Crippen LogP contribution in [0.4, 0.5) is 5.13 Å². The first-order valence-electron chi connectivity index (χ1n) is 8.04. The lowest BCUT2D eigenvalue weighted by Gasteiger charge is -2.13. The Hall–Kier alpha value is -2.58. The molecule has 3 aromatic rings. The third kappa shape index (κ3) is 3.26. The number of methoxy groups -OCH3 is 2. The van der Waals surface area contributed by atoms with Crippen LogP contribution in [0.25, 0.3) is 11.3 Å². The molecule has 0 bridgehead atoms. The molecule has 0 saturated heterocycles. The third-order valence-corrected chi connectivity index (χ3v) is 5.49. The van der Waals surface area contributed by atoms with Crippen LogP contribution in [0.3, 0.4) is 0 Å². The van der Waals surface area contributed by atoms with Gasteiger partial charge in [0, 0.05) is 21.0 Å². The van der Waals surface area contributed by atoms with E-state index in [1.54, 1.807) is 12.1 Å². The van der Waals surface area contributed by atoms with E-state index in [1.807, 2.05) is 29.6 Å². The van der Waals surface area contributed by atoms with Crippen LogP contribution < -0.4 is 14.8 Å². The average Bonchev–Trinajstić information content (AvgIpc) is 3.27. The van der Waals surface area contributed by atoms with Crippen molar-refractivity contribution in [1.82, 2.24) is 4.98 Å². The summed E-state index contributed by atoms with van der Waals surface area (Å²) in [6, 6.07) is 11.5. The number of ether oxygens (including phenoxy) is 3. The molecule has 2 heterocycles. The molecule has 8 heteroatoms. The van der Waals surface area contributed by atoms with Gasteiger partial charge in [-0.05, 0) is 24.3 Å². The number of carbonyl (C=O) groups excluding carboxylic acids is 1. The molecule has 1 aliphatic heterocycles. The highest BCUT2D eigenvalue weighted by Gasteiger charge is 2.36. The van der Waals surface area contributed by atoms with Gasteiger partial charge in [0.15, 0.2) is 16.6 Å². The van der Waals surface area contributed by atoms with Gasteiger partial charge in [-0.25, -0.2) is 9.78 Å². The van der Waals surface area contributed by atoms with Gasteiger partial charge in [-0.3, -0.25) is 0 Å². The number of nitrogens with zero attached hydrogens (tertiary/aromatic N) is 1. The number of rotatable bonds is 5. The molecule has 6 nitrogen and oxygen atoms in total. The molecule has 0 saturated carbocycles. The first-order chi connectivity index (χ1) is 13.1. The minimum absolute atomic E-state index is 0.374. The molecule has 1 atom stereocenters. The molecule has 0 aliphatic carbocycles. The average molecular weight is 447 g/mol. The summed E-state index contributed by atoms with van der Waals surface area (Å²) in [4.78, 5) is 16.9. The zero-order chi connectivity index (χ0) is 19.0. The standard InChI is InChI=1S/C19H15BrN2O4S/c1-24-14-8-7-12-15(16(14)25-2)18(23)26-17(12)22-19-21-13(9-27-19)10-3-5-11(20)6-4-10/h3-9,17H,1-2H3,(H,21,22)/t17-/m1/s1. The Morgan fingerprint density at radius 2 is 1.93 bits per heavy atom. The van der Waals surface area contributed by atoms with E-state index in [9.17, 15) is 4.79 Å². The topological polar surface area (TPSA) is 69.7 Å². The van der Waals surface area contributed by atoms with E-state index in [0.29, 0.717) is 27.8 Å². The quantitative estimate of drug-likeness (QED) is 0.563.